The first-order valence-corrected chi connectivity index (χ1v) is 7.05. The maximum absolute atomic E-state index is 12.2. The lowest BCUT2D eigenvalue weighted by atomic mass is 10.1. The molecular formula is C13H11Br2N3O. The molecule has 0 aliphatic carbocycles. The topological polar surface area (TPSA) is 68.0 Å². The number of amides is 1. The van der Waals surface area contributed by atoms with Gasteiger partial charge >= 0.3 is 0 Å². The van der Waals surface area contributed by atoms with Crippen LogP contribution in [0.5, 0.6) is 0 Å². The van der Waals surface area contributed by atoms with Crippen LogP contribution in [0.1, 0.15) is 16.1 Å². The zero-order chi connectivity index (χ0) is 14.0. The second-order valence-corrected chi connectivity index (χ2v) is 5.74. The molecule has 6 heteroatoms. The molecule has 1 amide bonds. The fourth-order valence-corrected chi connectivity index (χ4v) is 2.69. The average Bonchev–Trinajstić information content (AvgIpc) is 2.34. The fraction of sp³-hybridized carbons (Fsp3) is 0.0769. The van der Waals surface area contributed by atoms with E-state index >= 15 is 0 Å². The summed E-state index contributed by atoms with van der Waals surface area (Å²) in [6.45, 7) is 1.88. The van der Waals surface area contributed by atoms with Crippen LogP contribution in [0.15, 0.2) is 39.4 Å². The van der Waals surface area contributed by atoms with Crippen molar-refractivity contribution < 1.29 is 4.79 Å². The van der Waals surface area contributed by atoms with Crippen LogP contribution < -0.4 is 11.1 Å². The van der Waals surface area contributed by atoms with E-state index in [1.807, 2.05) is 13.0 Å². The first kappa shape index (κ1) is 14.0. The van der Waals surface area contributed by atoms with E-state index in [0.29, 0.717) is 21.5 Å². The minimum Gasteiger partial charge on any atom is -0.397 e. The van der Waals surface area contributed by atoms with Crippen LogP contribution >= 0.6 is 31.9 Å². The molecule has 2 aromatic rings. The first-order valence-electron chi connectivity index (χ1n) is 5.46. The number of aryl methyl sites for hydroxylation is 1. The Bertz CT molecular complexity index is 621. The van der Waals surface area contributed by atoms with Gasteiger partial charge in [0.05, 0.1) is 11.4 Å². The molecule has 0 aliphatic heterocycles. The Hall–Kier alpha value is -1.40. The summed E-state index contributed by atoms with van der Waals surface area (Å²) in [5.74, 6) is -0.301. The van der Waals surface area contributed by atoms with Gasteiger partial charge in [0.25, 0.3) is 5.91 Å². The van der Waals surface area contributed by atoms with Crippen LogP contribution in [0.3, 0.4) is 0 Å². The van der Waals surface area contributed by atoms with Gasteiger partial charge in [-0.05, 0) is 52.7 Å². The summed E-state index contributed by atoms with van der Waals surface area (Å²) in [7, 11) is 0. The number of benzene rings is 1. The van der Waals surface area contributed by atoms with Crippen molar-refractivity contribution in [2.24, 2.45) is 0 Å². The number of hydrogen-bond donors (Lipinski definition) is 2. The highest BCUT2D eigenvalue weighted by molar-refractivity contribution is 9.10. The van der Waals surface area contributed by atoms with Gasteiger partial charge in [0.2, 0.25) is 0 Å². The van der Waals surface area contributed by atoms with Crippen LogP contribution in [-0.2, 0) is 0 Å². The van der Waals surface area contributed by atoms with E-state index in [-0.39, 0.29) is 5.91 Å². The molecule has 1 aromatic carbocycles. The monoisotopic (exact) mass is 383 g/mol. The van der Waals surface area contributed by atoms with Gasteiger partial charge in [0.15, 0.2) is 0 Å². The van der Waals surface area contributed by atoms with Crippen molar-refractivity contribution >= 4 is 49.1 Å². The van der Waals surface area contributed by atoms with E-state index in [0.717, 1.165) is 10.0 Å². The first-order chi connectivity index (χ1) is 8.99. The van der Waals surface area contributed by atoms with Gasteiger partial charge in [0, 0.05) is 15.1 Å². The number of halogens is 2. The molecule has 1 aromatic heterocycles. The lowest BCUT2D eigenvalue weighted by Gasteiger charge is -2.12. The molecule has 1 heterocycles. The number of nitrogens with one attached hydrogen (secondary N) is 1. The molecule has 0 radical (unpaired) electrons. The van der Waals surface area contributed by atoms with Gasteiger partial charge in [-0.2, -0.15) is 0 Å². The maximum Gasteiger partial charge on any atom is 0.275 e. The molecule has 3 N–H and O–H groups in total. The highest BCUT2D eigenvalue weighted by atomic mass is 79.9. The molecule has 2 rings (SSSR count). The van der Waals surface area contributed by atoms with Crippen molar-refractivity contribution in [1.82, 2.24) is 4.98 Å². The van der Waals surface area contributed by atoms with E-state index in [9.17, 15) is 4.79 Å². The number of pyridine rings is 1. The van der Waals surface area contributed by atoms with Crippen molar-refractivity contribution in [3.05, 3.63) is 50.7 Å². The summed E-state index contributed by atoms with van der Waals surface area (Å²) in [5, 5.41) is 2.79. The van der Waals surface area contributed by atoms with Crippen LogP contribution in [0, 0.1) is 6.92 Å². The Morgan fingerprint density at radius 2 is 2.11 bits per heavy atom. The number of hydrogen-bond acceptors (Lipinski definition) is 3. The van der Waals surface area contributed by atoms with Gasteiger partial charge in [0.1, 0.15) is 5.69 Å². The van der Waals surface area contributed by atoms with E-state index in [2.05, 4.69) is 42.2 Å². The van der Waals surface area contributed by atoms with E-state index in [1.165, 1.54) is 0 Å². The number of anilines is 2. The quantitative estimate of drug-likeness (QED) is 0.774. The van der Waals surface area contributed by atoms with E-state index < -0.39 is 0 Å². The summed E-state index contributed by atoms with van der Waals surface area (Å²) in [4.78, 5) is 16.2. The van der Waals surface area contributed by atoms with Crippen molar-refractivity contribution in [3.8, 4) is 0 Å². The van der Waals surface area contributed by atoms with Crippen LogP contribution in [0.25, 0.3) is 0 Å². The third kappa shape index (κ3) is 3.13. The second kappa shape index (κ2) is 5.71. The molecule has 98 valence electrons. The number of rotatable bonds is 2. The Kier molecular flexibility index (Phi) is 4.21. The third-order valence-corrected chi connectivity index (χ3v) is 3.64. The highest BCUT2D eigenvalue weighted by Gasteiger charge is 2.14. The van der Waals surface area contributed by atoms with Gasteiger partial charge in [-0.15, -0.1) is 0 Å². The zero-order valence-electron chi connectivity index (χ0n) is 10.1. The number of nitrogen functional groups attached to an aromatic ring is 1. The third-order valence-electron chi connectivity index (χ3n) is 2.54. The normalized spacial score (nSPS) is 10.3. The standard InChI is InChI=1S/C13H11Br2N3O/c1-7-5-8(14)6-10(16)11(7)18-13(19)12-9(15)3-2-4-17-12/h2-6H,16H2,1H3,(H,18,19). The van der Waals surface area contributed by atoms with Crippen molar-refractivity contribution in [2.75, 3.05) is 11.1 Å². The van der Waals surface area contributed by atoms with Gasteiger partial charge < -0.3 is 11.1 Å². The van der Waals surface area contributed by atoms with Gasteiger partial charge in [-0.1, -0.05) is 15.9 Å². The molecule has 0 unspecified atom stereocenters. The molecule has 4 nitrogen and oxygen atoms in total. The minimum atomic E-state index is -0.301. The predicted molar refractivity (Wildman–Crippen MR) is 83.2 cm³/mol. The molecule has 0 atom stereocenters. The van der Waals surface area contributed by atoms with Crippen molar-refractivity contribution in [1.29, 1.82) is 0 Å². The molecule has 0 aliphatic rings. The van der Waals surface area contributed by atoms with E-state index in [1.54, 1.807) is 24.4 Å². The minimum absolute atomic E-state index is 0.301. The Morgan fingerprint density at radius 1 is 1.37 bits per heavy atom. The summed E-state index contributed by atoms with van der Waals surface area (Å²) >= 11 is 6.65. The Morgan fingerprint density at radius 3 is 2.74 bits per heavy atom. The summed E-state index contributed by atoms with van der Waals surface area (Å²) in [6.07, 6.45) is 1.57. The van der Waals surface area contributed by atoms with Gasteiger partial charge in [-0.25, -0.2) is 4.98 Å². The molecule has 0 saturated carbocycles. The predicted octanol–water partition coefficient (Wildman–Crippen LogP) is 3.75. The van der Waals surface area contributed by atoms with E-state index in [4.69, 9.17) is 5.73 Å². The fourth-order valence-electron chi connectivity index (χ4n) is 1.67. The molecule has 0 spiro atoms. The molecule has 0 saturated heterocycles. The average molecular weight is 385 g/mol. The summed E-state index contributed by atoms with van der Waals surface area (Å²) in [5.41, 5.74) is 8.22. The Balaban J connectivity index is 2.32. The lowest BCUT2D eigenvalue weighted by Crippen LogP contribution is -2.16. The Labute approximate surface area is 127 Å². The summed E-state index contributed by atoms with van der Waals surface area (Å²) < 4.78 is 1.51. The molecular weight excluding hydrogens is 374 g/mol. The highest BCUT2D eigenvalue weighted by Crippen LogP contribution is 2.28. The zero-order valence-corrected chi connectivity index (χ0v) is 13.2. The summed E-state index contributed by atoms with van der Waals surface area (Å²) in [6, 6.07) is 7.15. The molecule has 19 heavy (non-hydrogen) atoms. The maximum atomic E-state index is 12.2. The lowest BCUT2D eigenvalue weighted by molar-refractivity contribution is 0.102. The number of aromatic nitrogens is 1. The number of carbonyl (C=O) groups excluding carboxylic acids is 1. The van der Waals surface area contributed by atoms with Crippen LogP contribution in [0.2, 0.25) is 0 Å². The number of carbonyl (C=O) groups is 1. The largest absolute Gasteiger partial charge is 0.397 e. The van der Waals surface area contributed by atoms with Crippen LogP contribution in [0.4, 0.5) is 11.4 Å². The van der Waals surface area contributed by atoms with Crippen LogP contribution in [-0.4, -0.2) is 10.9 Å². The van der Waals surface area contributed by atoms with Crippen molar-refractivity contribution in [2.45, 2.75) is 6.92 Å². The molecule has 0 fully saturated rings. The SMILES string of the molecule is Cc1cc(Br)cc(N)c1NC(=O)c1ncccc1Br. The van der Waals surface area contributed by atoms with Crippen molar-refractivity contribution in [3.63, 3.8) is 0 Å². The number of nitrogens with zero attached hydrogens (tertiary/aromatic N) is 1. The second-order valence-electron chi connectivity index (χ2n) is 3.97. The van der Waals surface area contributed by atoms with Gasteiger partial charge in [-0.3, -0.25) is 4.79 Å². The smallest absolute Gasteiger partial charge is 0.275 e. The number of nitrogens with two attached hydrogens (primary N) is 1. The molecule has 0 bridgehead atoms.